The average molecular weight is 742 g/mol. The number of nitrogens with two attached hydrogens (primary N) is 1. The van der Waals surface area contributed by atoms with Crippen molar-refractivity contribution in [1.82, 2.24) is 5.32 Å². The fourth-order valence-corrected chi connectivity index (χ4v) is 5.23. The van der Waals surface area contributed by atoms with Crippen LogP contribution in [0.25, 0.3) is 0 Å². The molecule has 284 valence electrons. The van der Waals surface area contributed by atoms with Crippen molar-refractivity contribution in [3.63, 3.8) is 0 Å². The van der Waals surface area contributed by atoms with Crippen LogP contribution in [-0.4, -0.2) is 47.6 Å². The Balaban J connectivity index is 0.000000366. The second-order valence-electron chi connectivity index (χ2n) is 12.6. The monoisotopic (exact) mass is 741 g/mol. The van der Waals surface area contributed by atoms with E-state index in [-0.39, 0.29) is 43.5 Å². The molecule has 4 rings (SSSR count). The fourth-order valence-electron chi connectivity index (χ4n) is 5.23. The molecule has 6 N–H and O–H groups in total. The quantitative estimate of drug-likeness (QED) is 0.0802. The lowest BCUT2D eigenvalue weighted by Gasteiger charge is -2.25. The highest BCUT2D eigenvalue weighted by atomic mass is 19.1. The van der Waals surface area contributed by atoms with Crippen LogP contribution in [0.2, 0.25) is 0 Å². The topological polar surface area (TPSA) is 184 Å². The van der Waals surface area contributed by atoms with Gasteiger partial charge in [0.15, 0.2) is 0 Å². The van der Waals surface area contributed by atoms with Crippen molar-refractivity contribution in [2.24, 2.45) is 5.73 Å². The molecule has 3 atom stereocenters. The number of rotatable bonds is 16. The van der Waals surface area contributed by atoms with E-state index < -0.39 is 35.7 Å². The summed E-state index contributed by atoms with van der Waals surface area (Å²) in [4.78, 5) is 45.4. The molecule has 0 aliphatic carbocycles. The maximum Gasteiger partial charge on any atom is 0.338 e. The predicted molar refractivity (Wildman–Crippen MR) is 201 cm³/mol. The van der Waals surface area contributed by atoms with Gasteiger partial charge in [0.05, 0.1) is 24.0 Å². The first-order valence-electron chi connectivity index (χ1n) is 17.3. The third-order valence-corrected chi connectivity index (χ3v) is 8.07. The lowest BCUT2D eigenvalue weighted by atomic mass is 10.00. The van der Waals surface area contributed by atoms with E-state index in [1.807, 2.05) is 12.1 Å². The van der Waals surface area contributed by atoms with Crippen LogP contribution in [0.4, 0.5) is 20.2 Å². The summed E-state index contributed by atoms with van der Waals surface area (Å²) in [6.07, 6.45) is 0.00586. The van der Waals surface area contributed by atoms with E-state index in [1.165, 1.54) is 24.6 Å². The van der Waals surface area contributed by atoms with E-state index in [4.69, 9.17) is 15.6 Å². The molecule has 0 saturated carbocycles. The molecule has 0 heterocycles. The van der Waals surface area contributed by atoms with Gasteiger partial charge in [-0.3, -0.25) is 14.4 Å². The maximum atomic E-state index is 13.7. The molecule has 54 heavy (non-hydrogen) atoms. The third kappa shape index (κ3) is 14.9. The minimum Gasteiger partial charge on any atom is -0.481 e. The van der Waals surface area contributed by atoms with Crippen LogP contribution in [0.1, 0.15) is 72.1 Å². The first-order valence-corrected chi connectivity index (χ1v) is 17.3. The number of nitrogens with zero attached hydrogens (tertiary/aromatic N) is 1. The molecule has 2 amide bonds. The molecule has 0 aromatic heterocycles. The zero-order valence-corrected chi connectivity index (χ0v) is 30.4. The Morgan fingerprint density at radius 3 is 2.09 bits per heavy atom. The van der Waals surface area contributed by atoms with Crippen LogP contribution in [0.3, 0.4) is 0 Å². The number of halogens is 2. The summed E-state index contributed by atoms with van der Waals surface area (Å²) in [5.41, 5.74) is 11.3. The molecule has 0 fully saturated rings. The number of anilines is 2. The van der Waals surface area contributed by atoms with E-state index in [1.54, 1.807) is 55.5 Å². The Hall–Kier alpha value is -5.97. The molecule has 4 aromatic rings. The largest absolute Gasteiger partial charge is 0.481 e. The van der Waals surface area contributed by atoms with Gasteiger partial charge in [-0.05, 0) is 90.6 Å². The normalized spacial score (nSPS) is 12.2. The number of amides is 2. The number of hydrogen-bond acceptors (Lipinski definition) is 8. The molecule has 0 saturated heterocycles. The number of carbonyl (C=O) groups excluding carboxylic acids is 3. The third-order valence-electron chi connectivity index (χ3n) is 8.07. The standard InChI is InChI=1S/C29H31F2N3O2.C12H14N2O4/c1-3-20-6-4-7-21(10-20)17-34-18-28(27(33)13-22-11-25(30)15-26(31)12-22)36-29(35)24-9-5-8-23(14-24)19(2)16-32;1-8(15)13-9-2-4-10(5-3-9)14-11(16)6-7-12(17)18/h4-12,14-15,19,27-28,34H,3,13,17-18,33H2,1-2H3;2-5H,6-7H2,1H3,(H,13,15)(H,14,16)(H,17,18)/t19?,27-,28+;/m0./s1. The minimum atomic E-state index is -1.01. The first kappa shape index (κ1) is 42.4. The van der Waals surface area contributed by atoms with Gasteiger partial charge in [-0.25, -0.2) is 13.6 Å². The van der Waals surface area contributed by atoms with E-state index in [0.29, 0.717) is 34.6 Å². The Labute approximate surface area is 313 Å². The summed E-state index contributed by atoms with van der Waals surface area (Å²) in [7, 11) is 0. The van der Waals surface area contributed by atoms with Crippen molar-refractivity contribution in [1.29, 1.82) is 5.26 Å². The van der Waals surface area contributed by atoms with Crippen molar-refractivity contribution >= 4 is 35.1 Å². The lowest BCUT2D eigenvalue weighted by molar-refractivity contribution is -0.138. The van der Waals surface area contributed by atoms with Gasteiger partial charge in [0, 0.05) is 49.9 Å². The van der Waals surface area contributed by atoms with E-state index in [0.717, 1.165) is 18.1 Å². The molecule has 0 aliphatic heterocycles. The number of carboxylic acid groups (broad SMARTS) is 1. The van der Waals surface area contributed by atoms with Crippen molar-refractivity contribution in [2.45, 2.75) is 71.1 Å². The number of esters is 1. The summed E-state index contributed by atoms with van der Waals surface area (Å²) in [6, 6.07) is 26.1. The van der Waals surface area contributed by atoms with E-state index in [9.17, 15) is 33.2 Å². The summed E-state index contributed by atoms with van der Waals surface area (Å²) in [5, 5.41) is 26.1. The zero-order chi connectivity index (χ0) is 39.6. The van der Waals surface area contributed by atoms with Crippen LogP contribution in [-0.2, 0) is 38.5 Å². The van der Waals surface area contributed by atoms with Crippen molar-refractivity contribution in [3.05, 3.63) is 130 Å². The molecular formula is C41H45F2N5O6. The molecule has 13 heteroatoms. The van der Waals surface area contributed by atoms with Gasteiger partial charge in [-0.2, -0.15) is 5.26 Å². The molecule has 0 bridgehead atoms. The van der Waals surface area contributed by atoms with Gasteiger partial charge in [-0.1, -0.05) is 43.3 Å². The maximum absolute atomic E-state index is 13.7. The molecule has 11 nitrogen and oxygen atoms in total. The SMILES string of the molecule is CC(=O)Nc1ccc(NC(=O)CCC(=O)O)cc1.CCc1cccc(CNC[C@@H](OC(=O)c2cccc(C(C)C#N)c2)[C@@H](N)Cc2cc(F)cc(F)c2)c1. The molecule has 1 unspecified atom stereocenters. The fraction of sp³-hybridized carbons (Fsp3) is 0.293. The molecule has 0 aliphatic rings. The number of carbonyl (C=O) groups is 4. The van der Waals surface area contributed by atoms with Crippen molar-refractivity contribution in [3.8, 4) is 6.07 Å². The minimum absolute atomic E-state index is 0.0667. The second-order valence-corrected chi connectivity index (χ2v) is 12.6. The summed E-state index contributed by atoms with van der Waals surface area (Å²) >= 11 is 0. The molecule has 0 spiro atoms. The number of benzene rings is 4. The van der Waals surface area contributed by atoms with Crippen LogP contribution >= 0.6 is 0 Å². The summed E-state index contributed by atoms with van der Waals surface area (Å²) in [6.45, 7) is 6.02. The first-order chi connectivity index (χ1) is 25.8. The smallest absolute Gasteiger partial charge is 0.338 e. The number of nitriles is 1. The number of carboxylic acids is 1. The number of aliphatic carboxylic acids is 1. The van der Waals surface area contributed by atoms with Crippen LogP contribution in [0.5, 0.6) is 0 Å². The number of hydrogen-bond donors (Lipinski definition) is 5. The van der Waals surface area contributed by atoms with Gasteiger partial charge in [0.25, 0.3) is 0 Å². The Kier molecular flexibility index (Phi) is 16.9. The van der Waals surface area contributed by atoms with Crippen LogP contribution in [0, 0.1) is 23.0 Å². The zero-order valence-electron chi connectivity index (χ0n) is 30.4. The Bertz CT molecular complexity index is 1910. The van der Waals surface area contributed by atoms with Gasteiger partial charge >= 0.3 is 11.9 Å². The van der Waals surface area contributed by atoms with E-state index in [2.05, 4.69) is 41.1 Å². The predicted octanol–water partition coefficient (Wildman–Crippen LogP) is 6.49. The number of aryl methyl sites for hydroxylation is 1. The Morgan fingerprint density at radius 1 is 0.852 bits per heavy atom. The molecular weight excluding hydrogens is 696 g/mol. The highest BCUT2D eigenvalue weighted by Crippen LogP contribution is 2.19. The molecule has 4 aromatic carbocycles. The van der Waals surface area contributed by atoms with Crippen LogP contribution in [0.15, 0.2) is 91.0 Å². The van der Waals surface area contributed by atoms with E-state index >= 15 is 0 Å². The summed E-state index contributed by atoms with van der Waals surface area (Å²) in [5.74, 6) is -3.88. The van der Waals surface area contributed by atoms with Crippen molar-refractivity contribution < 1.29 is 37.8 Å². The Morgan fingerprint density at radius 2 is 1.48 bits per heavy atom. The van der Waals surface area contributed by atoms with Gasteiger partial charge in [0.1, 0.15) is 17.7 Å². The summed E-state index contributed by atoms with van der Waals surface area (Å²) < 4.78 is 33.2. The molecule has 0 radical (unpaired) electrons. The average Bonchev–Trinajstić information content (AvgIpc) is 3.13. The van der Waals surface area contributed by atoms with Crippen molar-refractivity contribution in [2.75, 3.05) is 17.2 Å². The van der Waals surface area contributed by atoms with Gasteiger partial charge in [-0.15, -0.1) is 0 Å². The van der Waals surface area contributed by atoms with Crippen LogP contribution < -0.4 is 21.7 Å². The van der Waals surface area contributed by atoms with Gasteiger partial charge in [0.2, 0.25) is 11.8 Å². The second kappa shape index (κ2) is 21.5. The highest BCUT2D eigenvalue weighted by Gasteiger charge is 2.24. The number of ether oxygens (including phenoxy) is 1. The van der Waals surface area contributed by atoms with Gasteiger partial charge < -0.3 is 31.5 Å². The number of nitrogens with one attached hydrogen (secondary N) is 3. The lowest BCUT2D eigenvalue weighted by Crippen LogP contribution is -2.46. The highest BCUT2D eigenvalue weighted by molar-refractivity contribution is 5.93.